The first kappa shape index (κ1) is 9.94. The van der Waals surface area contributed by atoms with Gasteiger partial charge in [-0.1, -0.05) is 13.8 Å². The second kappa shape index (κ2) is 4.71. The lowest BCUT2D eigenvalue weighted by atomic mass is 10.0. The largest absolute Gasteiger partial charge is 0.357 e. The minimum Gasteiger partial charge on any atom is -0.357 e. The molecule has 0 saturated carbocycles. The van der Waals surface area contributed by atoms with E-state index in [1.807, 2.05) is 13.8 Å². The Morgan fingerprint density at radius 1 is 1.45 bits per heavy atom. The van der Waals surface area contributed by atoms with E-state index >= 15 is 0 Å². The van der Waals surface area contributed by atoms with E-state index in [9.17, 15) is 9.59 Å². The van der Waals surface area contributed by atoms with Crippen LogP contribution in [0.2, 0.25) is 0 Å². The summed E-state index contributed by atoms with van der Waals surface area (Å²) in [7, 11) is 1.55. The molecule has 4 heteroatoms. The van der Waals surface area contributed by atoms with Gasteiger partial charge in [-0.2, -0.15) is 0 Å². The number of hydrogen-bond donors (Lipinski definition) is 2. The van der Waals surface area contributed by atoms with Gasteiger partial charge in [0.2, 0.25) is 12.3 Å². The Morgan fingerprint density at radius 3 is 2.27 bits per heavy atom. The van der Waals surface area contributed by atoms with Gasteiger partial charge in [-0.15, -0.1) is 0 Å². The third-order valence-electron chi connectivity index (χ3n) is 1.44. The SMILES string of the molecule is CNC(=O)C(NC=O)C(C)C. The van der Waals surface area contributed by atoms with Gasteiger partial charge in [-0.25, -0.2) is 0 Å². The Bertz CT molecular complexity index is 145. The van der Waals surface area contributed by atoms with E-state index in [2.05, 4.69) is 10.6 Å². The van der Waals surface area contributed by atoms with Gasteiger partial charge in [0.25, 0.3) is 0 Å². The number of hydrogen-bond acceptors (Lipinski definition) is 2. The van der Waals surface area contributed by atoms with Crippen molar-refractivity contribution in [3.05, 3.63) is 0 Å². The standard InChI is InChI=1S/C7H14N2O2/c1-5(2)6(9-4-10)7(11)8-3/h4-6H,1-3H3,(H,8,11)(H,9,10). The summed E-state index contributed by atoms with van der Waals surface area (Å²) in [5.74, 6) is -0.0488. The molecule has 0 aliphatic carbocycles. The molecule has 0 saturated heterocycles. The highest BCUT2D eigenvalue weighted by Gasteiger charge is 2.19. The Labute approximate surface area is 66.4 Å². The van der Waals surface area contributed by atoms with Crippen LogP contribution in [0.1, 0.15) is 13.8 Å². The van der Waals surface area contributed by atoms with Crippen molar-refractivity contribution in [2.24, 2.45) is 5.92 Å². The second-order valence-corrected chi connectivity index (χ2v) is 2.62. The van der Waals surface area contributed by atoms with Crippen LogP contribution >= 0.6 is 0 Å². The minimum absolute atomic E-state index is 0.111. The first-order chi connectivity index (χ1) is 5.13. The van der Waals surface area contributed by atoms with Crippen molar-refractivity contribution in [2.75, 3.05) is 7.05 Å². The van der Waals surface area contributed by atoms with Crippen molar-refractivity contribution in [2.45, 2.75) is 19.9 Å². The van der Waals surface area contributed by atoms with E-state index < -0.39 is 6.04 Å². The Kier molecular flexibility index (Phi) is 4.26. The van der Waals surface area contributed by atoms with Crippen molar-refractivity contribution < 1.29 is 9.59 Å². The molecule has 0 aliphatic heterocycles. The molecule has 64 valence electrons. The molecule has 0 aromatic heterocycles. The molecule has 2 N–H and O–H groups in total. The number of likely N-dealkylation sites (N-methyl/N-ethyl adjacent to an activating group) is 1. The summed E-state index contributed by atoms with van der Waals surface area (Å²) in [6.45, 7) is 3.74. The van der Waals surface area contributed by atoms with Crippen molar-refractivity contribution in [3.8, 4) is 0 Å². The van der Waals surface area contributed by atoms with E-state index in [-0.39, 0.29) is 11.8 Å². The normalized spacial score (nSPS) is 12.4. The zero-order valence-corrected chi connectivity index (χ0v) is 7.05. The van der Waals surface area contributed by atoms with Crippen LogP contribution in [0.3, 0.4) is 0 Å². The second-order valence-electron chi connectivity index (χ2n) is 2.62. The molecule has 0 bridgehead atoms. The number of nitrogens with one attached hydrogen (secondary N) is 2. The maximum absolute atomic E-state index is 11.0. The number of amides is 2. The summed E-state index contributed by atoms with van der Waals surface area (Å²) in [4.78, 5) is 21.1. The highest BCUT2D eigenvalue weighted by Crippen LogP contribution is 1.99. The molecule has 4 nitrogen and oxygen atoms in total. The third kappa shape index (κ3) is 3.02. The number of carbonyl (C=O) groups is 2. The summed E-state index contributed by atoms with van der Waals surface area (Å²) < 4.78 is 0. The fraction of sp³-hybridized carbons (Fsp3) is 0.714. The van der Waals surface area contributed by atoms with Crippen LogP contribution in [0, 0.1) is 5.92 Å². The van der Waals surface area contributed by atoms with Gasteiger partial charge in [0.1, 0.15) is 6.04 Å². The monoisotopic (exact) mass is 158 g/mol. The molecule has 0 fully saturated rings. The Hall–Kier alpha value is -1.06. The summed E-state index contributed by atoms with van der Waals surface area (Å²) in [6, 6.07) is -0.419. The molecule has 0 spiro atoms. The lowest BCUT2D eigenvalue weighted by Crippen LogP contribution is -2.45. The van der Waals surface area contributed by atoms with E-state index in [4.69, 9.17) is 0 Å². The highest BCUT2D eigenvalue weighted by molar-refractivity contribution is 5.83. The zero-order chi connectivity index (χ0) is 8.85. The smallest absolute Gasteiger partial charge is 0.242 e. The maximum Gasteiger partial charge on any atom is 0.242 e. The first-order valence-electron chi connectivity index (χ1n) is 3.54. The van der Waals surface area contributed by atoms with Gasteiger partial charge in [-0.05, 0) is 5.92 Å². The molecule has 2 amide bonds. The van der Waals surface area contributed by atoms with Crippen LogP contribution in [-0.2, 0) is 9.59 Å². The van der Waals surface area contributed by atoms with Gasteiger partial charge < -0.3 is 10.6 Å². The highest BCUT2D eigenvalue weighted by atomic mass is 16.2. The molecule has 11 heavy (non-hydrogen) atoms. The van der Waals surface area contributed by atoms with Gasteiger partial charge in [0.15, 0.2) is 0 Å². The van der Waals surface area contributed by atoms with Crippen LogP contribution in [0.25, 0.3) is 0 Å². The van der Waals surface area contributed by atoms with E-state index in [0.29, 0.717) is 6.41 Å². The summed E-state index contributed by atoms with van der Waals surface area (Å²) in [5, 5.41) is 4.91. The third-order valence-corrected chi connectivity index (χ3v) is 1.44. The van der Waals surface area contributed by atoms with Crippen LogP contribution in [0.15, 0.2) is 0 Å². The van der Waals surface area contributed by atoms with Crippen molar-refractivity contribution in [3.63, 3.8) is 0 Å². The molecule has 0 aromatic rings. The fourth-order valence-corrected chi connectivity index (χ4v) is 0.800. The predicted molar refractivity (Wildman–Crippen MR) is 41.9 cm³/mol. The average Bonchev–Trinajstić information content (AvgIpc) is 1.98. The van der Waals surface area contributed by atoms with Crippen molar-refractivity contribution >= 4 is 12.3 Å². The Balaban J connectivity index is 4.08. The molecular formula is C7H14N2O2. The van der Waals surface area contributed by atoms with Gasteiger partial charge >= 0.3 is 0 Å². The molecule has 0 aromatic carbocycles. The predicted octanol–water partition coefficient (Wildman–Crippen LogP) is -0.497. The molecule has 0 heterocycles. The topological polar surface area (TPSA) is 58.2 Å². The van der Waals surface area contributed by atoms with Gasteiger partial charge in [0.05, 0.1) is 0 Å². The van der Waals surface area contributed by atoms with Gasteiger partial charge in [-0.3, -0.25) is 9.59 Å². The molecule has 1 unspecified atom stereocenters. The van der Waals surface area contributed by atoms with Crippen LogP contribution in [-0.4, -0.2) is 25.4 Å². The fourth-order valence-electron chi connectivity index (χ4n) is 0.800. The maximum atomic E-state index is 11.0. The summed E-state index contributed by atoms with van der Waals surface area (Å²) in [5.41, 5.74) is 0. The molecule has 1 atom stereocenters. The van der Waals surface area contributed by atoms with Crippen LogP contribution in [0.4, 0.5) is 0 Å². The van der Waals surface area contributed by atoms with Crippen molar-refractivity contribution in [1.82, 2.24) is 10.6 Å². The average molecular weight is 158 g/mol. The van der Waals surface area contributed by atoms with Crippen molar-refractivity contribution in [1.29, 1.82) is 0 Å². The molecule has 0 rings (SSSR count). The van der Waals surface area contributed by atoms with Crippen LogP contribution < -0.4 is 10.6 Å². The molecule has 0 radical (unpaired) electrons. The number of carbonyl (C=O) groups excluding carboxylic acids is 2. The number of rotatable bonds is 4. The van der Waals surface area contributed by atoms with E-state index in [1.165, 1.54) is 0 Å². The van der Waals surface area contributed by atoms with Crippen LogP contribution in [0.5, 0.6) is 0 Å². The lowest BCUT2D eigenvalue weighted by molar-refractivity contribution is -0.126. The minimum atomic E-state index is -0.419. The zero-order valence-electron chi connectivity index (χ0n) is 7.05. The Morgan fingerprint density at radius 2 is 2.00 bits per heavy atom. The van der Waals surface area contributed by atoms with E-state index in [0.717, 1.165) is 0 Å². The summed E-state index contributed by atoms with van der Waals surface area (Å²) in [6.07, 6.45) is 0.542. The summed E-state index contributed by atoms with van der Waals surface area (Å²) >= 11 is 0. The van der Waals surface area contributed by atoms with Gasteiger partial charge in [0, 0.05) is 7.05 Å². The molecular weight excluding hydrogens is 144 g/mol. The molecule has 0 aliphatic rings. The quantitative estimate of drug-likeness (QED) is 0.542. The van der Waals surface area contributed by atoms with E-state index in [1.54, 1.807) is 7.05 Å². The lowest BCUT2D eigenvalue weighted by Gasteiger charge is -2.17. The first-order valence-corrected chi connectivity index (χ1v) is 3.54.